The zero-order valence-electron chi connectivity index (χ0n) is 18.2. The molecule has 174 valence electrons. The summed E-state index contributed by atoms with van der Waals surface area (Å²) in [4.78, 5) is 27.5. The first-order valence-electron chi connectivity index (χ1n) is 9.80. The Labute approximate surface area is 202 Å². The molecule has 0 aliphatic carbocycles. The van der Waals surface area contributed by atoms with Gasteiger partial charge in [0.25, 0.3) is 5.91 Å². The van der Waals surface area contributed by atoms with E-state index in [1.807, 2.05) is 6.07 Å². The Bertz CT molecular complexity index is 1300. The molecular formula is C23H19BrN4O6. The summed E-state index contributed by atoms with van der Waals surface area (Å²) in [5, 5.41) is 22.4. The van der Waals surface area contributed by atoms with Crippen molar-refractivity contribution in [3.05, 3.63) is 69.0 Å². The number of nitrogens with zero attached hydrogens (tertiary/aromatic N) is 3. The van der Waals surface area contributed by atoms with Crippen molar-refractivity contribution in [3.63, 3.8) is 0 Å². The van der Waals surface area contributed by atoms with Crippen LogP contribution in [0.1, 0.15) is 32.9 Å². The van der Waals surface area contributed by atoms with Crippen LogP contribution in [0.4, 0.5) is 0 Å². The predicted octanol–water partition coefficient (Wildman–Crippen LogP) is 3.66. The summed E-state index contributed by atoms with van der Waals surface area (Å²) in [5.41, 5.74) is 4.37. The minimum absolute atomic E-state index is 0.0219. The third-order valence-electron chi connectivity index (χ3n) is 4.51. The highest BCUT2D eigenvalue weighted by Crippen LogP contribution is 2.30. The van der Waals surface area contributed by atoms with Crippen LogP contribution in [0, 0.1) is 18.3 Å². The van der Waals surface area contributed by atoms with Gasteiger partial charge in [-0.15, -0.1) is 0 Å². The van der Waals surface area contributed by atoms with Crippen LogP contribution in [0.2, 0.25) is 0 Å². The van der Waals surface area contributed by atoms with E-state index in [2.05, 4.69) is 31.4 Å². The number of aromatic nitrogens is 1. The Balaban J connectivity index is 1.61. The fourth-order valence-corrected chi connectivity index (χ4v) is 3.33. The van der Waals surface area contributed by atoms with E-state index in [4.69, 9.17) is 19.0 Å². The quantitative estimate of drug-likeness (QED) is 0.317. The van der Waals surface area contributed by atoms with E-state index in [1.165, 1.54) is 25.5 Å². The van der Waals surface area contributed by atoms with Crippen LogP contribution in [-0.4, -0.2) is 41.9 Å². The monoisotopic (exact) mass is 526 g/mol. The fraction of sp³-hybridized carbons (Fsp3) is 0.174. The molecule has 0 spiro atoms. The Morgan fingerprint density at radius 1 is 1.35 bits per heavy atom. The molecule has 2 N–H and O–H groups in total. The number of aryl methyl sites for hydroxylation is 1. The maximum atomic E-state index is 12.1. The average molecular weight is 527 g/mol. The number of ether oxygens (including phenoxy) is 2. The van der Waals surface area contributed by atoms with Gasteiger partial charge in [-0.05, 0) is 47.1 Å². The van der Waals surface area contributed by atoms with Crippen molar-refractivity contribution in [2.24, 2.45) is 5.10 Å². The predicted molar refractivity (Wildman–Crippen MR) is 124 cm³/mol. The van der Waals surface area contributed by atoms with Gasteiger partial charge in [0, 0.05) is 22.7 Å². The first-order valence-corrected chi connectivity index (χ1v) is 10.6. The standard InChI is InChI=1S/C23H19BrN4O6/c1-13-21(24)18(11-32-2)17(9-25)22(27-13)33-12-20(29)28-26-10-16-6-7-19(34-16)14-4-3-5-15(8-14)23(30)31/h3-8,10H,11-12H2,1-2H3,(H,28,29)(H,30,31)/b26-10-. The molecule has 2 aromatic heterocycles. The number of carboxylic acids is 1. The number of carbonyl (C=O) groups is 2. The maximum Gasteiger partial charge on any atom is 0.335 e. The first kappa shape index (κ1) is 24.6. The van der Waals surface area contributed by atoms with E-state index in [9.17, 15) is 14.9 Å². The number of hydrazone groups is 1. The largest absolute Gasteiger partial charge is 0.478 e. The Hall–Kier alpha value is -4.01. The molecule has 0 radical (unpaired) electrons. The smallest absolute Gasteiger partial charge is 0.335 e. The summed E-state index contributed by atoms with van der Waals surface area (Å²) in [6, 6.07) is 11.6. The van der Waals surface area contributed by atoms with Crippen molar-refractivity contribution >= 4 is 34.0 Å². The number of amides is 1. The number of nitrogens with one attached hydrogen (secondary N) is 1. The number of hydrogen-bond acceptors (Lipinski definition) is 8. The summed E-state index contributed by atoms with van der Waals surface area (Å²) in [6.45, 7) is 1.49. The van der Waals surface area contributed by atoms with Gasteiger partial charge in [0.05, 0.1) is 24.1 Å². The normalized spacial score (nSPS) is 10.8. The molecule has 1 amide bonds. The minimum Gasteiger partial charge on any atom is -0.478 e. The molecule has 0 aliphatic rings. The number of nitriles is 1. The number of hydrogen-bond donors (Lipinski definition) is 2. The number of carboxylic acid groups (broad SMARTS) is 1. The second-order valence-electron chi connectivity index (χ2n) is 6.88. The van der Waals surface area contributed by atoms with Gasteiger partial charge in [-0.2, -0.15) is 10.4 Å². The number of benzene rings is 1. The van der Waals surface area contributed by atoms with Crippen LogP contribution >= 0.6 is 15.9 Å². The molecule has 3 aromatic rings. The molecular weight excluding hydrogens is 508 g/mol. The van der Waals surface area contributed by atoms with E-state index in [0.717, 1.165) is 0 Å². The number of rotatable bonds is 9. The van der Waals surface area contributed by atoms with E-state index >= 15 is 0 Å². The molecule has 0 fully saturated rings. The molecule has 34 heavy (non-hydrogen) atoms. The van der Waals surface area contributed by atoms with E-state index in [1.54, 1.807) is 31.2 Å². The SMILES string of the molecule is COCc1c(Br)c(C)nc(OCC(=O)N/N=C\c2ccc(-c3cccc(C(=O)O)c3)o2)c1C#N. The first-order chi connectivity index (χ1) is 16.3. The Morgan fingerprint density at radius 3 is 2.85 bits per heavy atom. The lowest BCUT2D eigenvalue weighted by Gasteiger charge is -2.13. The second-order valence-corrected chi connectivity index (χ2v) is 7.68. The maximum absolute atomic E-state index is 12.1. The van der Waals surface area contributed by atoms with Gasteiger partial charge in [-0.1, -0.05) is 12.1 Å². The summed E-state index contributed by atoms with van der Waals surface area (Å²) < 4.78 is 16.8. The molecule has 0 aliphatic heterocycles. The summed E-state index contributed by atoms with van der Waals surface area (Å²) >= 11 is 3.39. The van der Waals surface area contributed by atoms with Crippen LogP contribution in [-0.2, 0) is 16.1 Å². The highest BCUT2D eigenvalue weighted by Gasteiger charge is 2.18. The summed E-state index contributed by atoms with van der Waals surface area (Å²) in [7, 11) is 1.50. The zero-order chi connectivity index (χ0) is 24.7. The van der Waals surface area contributed by atoms with Crippen molar-refractivity contribution in [1.29, 1.82) is 5.26 Å². The van der Waals surface area contributed by atoms with Gasteiger partial charge in [0.2, 0.25) is 5.88 Å². The highest BCUT2D eigenvalue weighted by atomic mass is 79.9. The van der Waals surface area contributed by atoms with Gasteiger partial charge in [-0.3, -0.25) is 4.79 Å². The van der Waals surface area contributed by atoms with E-state index in [-0.39, 0.29) is 23.6 Å². The van der Waals surface area contributed by atoms with E-state index in [0.29, 0.717) is 32.8 Å². The Kier molecular flexibility index (Phi) is 8.13. The molecule has 0 bridgehead atoms. The lowest BCUT2D eigenvalue weighted by atomic mass is 10.1. The van der Waals surface area contributed by atoms with Crippen molar-refractivity contribution < 1.29 is 28.6 Å². The third kappa shape index (κ3) is 5.86. The number of methoxy groups -OCH3 is 1. The number of pyridine rings is 1. The minimum atomic E-state index is -1.04. The molecule has 2 heterocycles. The fourth-order valence-electron chi connectivity index (χ4n) is 2.93. The van der Waals surface area contributed by atoms with Crippen LogP contribution in [0.15, 0.2) is 50.4 Å². The molecule has 0 unspecified atom stereocenters. The number of carbonyl (C=O) groups excluding carboxylic acids is 1. The average Bonchev–Trinajstić information content (AvgIpc) is 3.30. The molecule has 1 aromatic carbocycles. The van der Waals surface area contributed by atoms with Gasteiger partial charge < -0.3 is 19.0 Å². The van der Waals surface area contributed by atoms with Crippen LogP contribution in [0.25, 0.3) is 11.3 Å². The lowest BCUT2D eigenvalue weighted by molar-refractivity contribution is -0.123. The molecule has 0 atom stereocenters. The van der Waals surface area contributed by atoms with Gasteiger partial charge in [0.1, 0.15) is 23.2 Å². The summed E-state index contributed by atoms with van der Waals surface area (Å²) in [5.74, 6) is -0.791. The van der Waals surface area contributed by atoms with Crippen molar-refractivity contribution in [2.75, 3.05) is 13.7 Å². The topological polar surface area (TPSA) is 147 Å². The number of aromatic carboxylic acids is 1. The molecule has 11 heteroatoms. The van der Waals surface area contributed by atoms with Crippen LogP contribution < -0.4 is 10.2 Å². The highest BCUT2D eigenvalue weighted by molar-refractivity contribution is 9.10. The van der Waals surface area contributed by atoms with Gasteiger partial charge in [-0.25, -0.2) is 15.2 Å². The summed E-state index contributed by atoms with van der Waals surface area (Å²) in [6.07, 6.45) is 1.29. The molecule has 0 saturated carbocycles. The van der Waals surface area contributed by atoms with Crippen LogP contribution in [0.3, 0.4) is 0 Å². The van der Waals surface area contributed by atoms with Gasteiger partial charge >= 0.3 is 5.97 Å². The van der Waals surface area contributed by atoms with E-state index < -0.39 is 18.5 Å². The second kappa shape index (κ2) is 11.2. The third-order valence-corrected chi connectivity index (χ3v) is 5.56. The van der Waals surface area contributed by atoms with Crippen molar-refractivity contribution in [3.8, 4) is 23.3 Å². The number of halogens is 1. The molecule has 3 rings (SSSR count). The number of furan rings is 1. The zero-order valence-corrected chi connectivity index (χ0v) is 19.7. The molecule has 0 saturated heterocycles. The Morgan fingerprint density at radius 2 is 2.15 bits per heavy atom. The molecule has 10 nitrogen and oxygen atoms in total. The van der Waals surface area contributed by atoms with Crippen molar-refractivity contribution in [1.82, 2.24) is 10.4 Å². The van der Waals surface area contributed by atoms with Gasteiger partial charge in [0.15, 0.2) is 6.61 Å². The van der Waals surface area contributed by atoms with Crippen LogP contribution in [0.5, 0.6) is 5.88 Å². The lowest BCUT2D eigenvalue weighted by Crippen LogP contribution is -2.25. The van der Waals surface area contributed by atoms with Crippen molar-refractivity contribution in [2.45, 2.75) is 13.5 Å².